The van der Waals surface area contributed by atoms with E-state index in [1.165, 1.54) is 6.20 Å². The molecular formula is C16H13N5O. The van der Waals surface area contributed by atoms with Gasteiger partial charge in [0.15, 0.2) is 5.82 Å². The first-order chi connectivity index (χ1) is 10.7. The van der Waals surface area contributed by atoms with Gasteiger partial charge in [-0.1, -0.05) is 18.2 Å². The second-order valence-corrected chi connectivity index (χ2v) is 4.55. The molecule has 2 aromatic heterocycles. The van der Waals surface area contributed by atoms with Crippen LogP contribution in [0.25, 0.3) is 11.4 Å². The zero-order valence-corrected chi connectivity index (χ0v) is 11.6. The minimum Gasteiger partial charge on any atom is -0.383 e. The van der Waals surface area contributed by atoms with E-state index in [2.05, 4.69) is 20.3 Å². The molecule has 0 saturated carbocycles. The van der Waals surface area contributed by atoms with Crippen molar-refractivity contribution >= 4 is 17.4 Å². The lowest BCUT2D eigenvalue weighted by atomic mass is 10.2. The van der Waals surface area contributed by atoms with Gasteiger partial charge in [-0.3, -0.25) is 9.78 Å². The molecule has 0 aliphatic rings. The Balaban J connectivity index is 1.85. The molecule has 1 amide bonds. The summed E-state index contributed by atoms with van der Waals surface area (Å²) in [6.45, 7) is 0. The van der Waals surface area contributed by atoms with E-state index in [0.29, 0.717) is 11.5 Å². The maximum Gasteiger partial charge on any atom is 0.260 e. The number of hydrogen-bond acceptors (Lipinski definition) is 5. The summed E-state index contributed by atoms with van der Waals surface area (Å²) in [5.74, 6) is 0.214. The largest absolute Gasteiger partial charge is 0.383 e. The van der Waals surface area contributed by atoms with Crippen molar-refractivity contribution in [3.8, 4) is 11.4 Å². The van der Waals surface area contributed by atoms with Gasteiger partial charge < -0.3 is 11.1 Å². The Labute approximate surface area is 127 Å². The molecule has 6 nitrogen and oxygen atoms in total. The van der Waals surface area contributed by atoms with Gasteiger partial charge in [0, 0.05) is 29.8 Å². The molecule has 0 radical (unpaired) electrons. The average molecular weight is 291 g/mol. The summed E-state index contributed by atoms with van der Waals surface area (Å²) >= 11 is 0. The van der Waals surface area contributed by atoms with Crippen molar-refractivity contribution in [2.45, 2.75) is 0 Å². The van der Waals surface area contributed by atoms with E-state index < -0.39 is 0 Å². The molecule has 0 atom stereocenters. The molecule has 0 saturated heterocycles. The number of carbonyl (C=O) groups excluding carboxylic acids is 1. The molecule has 0 aliphatic carbocycles. The predicted octanol–water partition coefficient (Wildman–Crippen LogP) is 2.37. The van der Waals surface area contributed by atoms with Crippen LogP contribution >= 0.6 is 0 Å². The molecule has 0 aliphatic heterocycles. The minimum atomic E-state index is -0.346. The van der Waals surface area contributed by atoms with Crippen molar-refractivity contribution in [1.29, 1.82) is 0 Å². The topological polar surface area (TPSA) is 93.8 Å². The van der Waals surface area contributed by atoms with Crippen LogP contribution in [0.2, 0.25) is 0 Å². The van der Waals surface area contributed by atoms with Crippen LogP contribution in [0.1, 0.15) is 10.4 Å². The summed E-state index contributed by atoms with van der Waals surface area (Å²) in [6.07, 6.45) is 4.72. The molecule has 2 heterocycles. The number of pyridine rings is 1. The number of nitrogen functional groups attached to an aromatic ring is 1. The summed E-state index contributed by atoms with van der Waals surface area (Å²) in [7, 11) is 0. The van der Waals surface area contributed by atoms with Gasteiger partial charge in [-0.2, -0.15) is 0 Å². The third-order valence-electron chi connectivity index (χ3n) is 3.01. The maximum atomic E-state index is 12.2. The monoisotopic (exact) mass is 291 g/mol. The molecule has 108 valence electrons. The highest BCUT2D eigenvalue weighted by molar-refractivity contribution is 6.07. The first-order valence-electron chi connectivity index (χ1n) is 6.63. The molecule has 0 fully saturated rings. The van der Waals surface area contributed by atoms with Gasteiger partial charge in [0.2, 0.25) is 0 Å². The molecular weight excluding hydrogens is 278 g/mol. The van der Waals surface area contributed by atoms with Gasteiger partial charge in [0.05, 0.1) is 0 Å². The van der Waals surface area contributed by atoms with Crippen molar-refractivity contribution in [2.75, 3.05) is 11.1 Å². The van der Waals surface area contributed by atoms with Gasteiger partial charge in [-0.25, -0.2) is 9.97 Å². The first-order valence-corrected chi connectivity index (χ1v) is 6.63. The first kappa shape index (κ1) is 13.7. The van der Waals surface area contributed by atoms with Gasteiger partial charge in [-0.05, 0) is 24.3 Å². The van der Waals surface area contributed by atoms with Crippen LogP contribution in [0, 0.1) is 0 Å². The number of rotatable bonds is 3. The Morgan fingerprint density at radius 1 is 1.05 bits per heavy atom. The van der Waals surface area contributed by atoms with Crippen LogP contribution in [0.4, 0.5) is 11.5 Å². The second kappa shape index (κ2) is 6.01. The van der Waals surface area contributed by atoms with Gasteiger partial charge in [0.25, 0.3) is 5.91 Å². The Morgan fingerprint density at radius 2 is 1.86 bits per heavy atom. The minimum absolute atomic E-state index is 0.127. The highest BCUT2D eigenvalue weighted by Crippen LogP contribution is 2.17. The fraction of sp³-hybridized carbons (Fsp3) is 0. The standard InChI is InChI=1S/C16H13N5O/c17-14-13(16(22)20-12-6-2-1-3-7-12)10-19-15(21-14)11-5-4-8-18-9-11/h1-10H,(H,20,22)(H2,17,19,21). The highest BCUT2D eigenvalue weighted by Gasteiger charge is 2.13. The lowest BCUT2D eigenvalue weighted by Crippen LogP contribution is -2.15. The van der Waals surface area contributed by atoms with Crippen molar-refractivity contribution in [1.82, 2.24) is 15.0 Å². The highest BCUT2D eigenvalue weighted by atomic mass is 16.1. The third kappa shape index (κ3) is 2.90. The maximum absolute atomic E-state index is 12.2. The summed E-state index contributed by atoms with van der Waals surface area (Å²) in [4.78, 5) is 24.6. The molecule has 1 aromatic carbocycles. The van der Waals surface area contributed by atoms with Crippen LogP contribution in [-0.4, -0.2) is 20.9 Å². The van der Waals surface area contributed by atoms with E-state index in [4.69, 9.17) is 5.73 Å². The van der Waals surface area contributed by atoms with E-state index in [0.717, 1.165) is 5.56 Å². The number of anilines is 2. The Bertz CT molecular complexity index is 790. The molecule has 3 rings (SSSR count). The number of carbonyl (C=O) groups is 1. The van der Waals surface area contributed by atoms with Crippen molar-refractivity contribution < 1.29 is 4.79 Å². The van der Waals surface area contributed by atoms with Crippen LogP contribution in [0.5, 0.6) is 0 Å². The molecule has 0 bridgehead atoms. The summed E-state index contributed by atoms with van der Waals surface area (Å²) in [6, 6.07) is 12.7. The number of hydrogen-bond donors (Lipinski definition) is 2. The third-order valence-corrected chi connectivity index (χ3v) is 3.01. The lowest BCUT2D eigenvalue weighted by Gasteiger charge is -2.08. The van der Waals surface area contributed by atoms with Gasteiger partial charge >= 0.3 is 0 Å². The molecule has 6 heteroatoms. The van der Waals surface area contributed by atoms with Crippen molar-refractivity contribution in [2.24, 2.45) is 0 Å². The van der Waals surface area contributed by atoms with Crippen LogP contribution in [0.15, 0.2) is 61.1 Å². The molecule has 0 unspecified atom stereocenters. The smallest absolute Gasteiger partial charge is 0.260 e. The van der Waals surface area contributed by atoms with E-state index in [1.807, 2.05) is 24.3 Å². The zero-order chi connectivity index (χ0) is 15.4. The second-order valence-electron chi connectivity index (χ2n) is 4.55. The number of aromatic nitrogens is 3. The molecule has 22 heavy (non-hydrogen) atoms. The molecule has 3 N–H and O–H groups in total. The van der Waals surface area contributed by atoms with Gasteiger partial charge in [0.1, 0.15) is 11.4 Å². The Morgan fingerprint density at radius 3 is 2.55 bits per heavy atom. The summed E-state index contributed by atoms with van der Waals surface area (Å²) in [5.41, 5.74) is 7.54. The Kier molecular flexibility index (Phi) is 3.74. The fourth-order valence-corrected chi connectivity index (χ4v) is 1.92. The quantitative estimate of drug-likeness (QED) is 0.772. The Hall–Kier alpha value is -3.28. The number of nitrogens with zero attached hydrogens (tertiary/aromatic N) is 3. The van der Waals surface area contributed by atoms with Crippen LogP contribution in [-0.2, 0) is 0 Å². The zero-order valence-electron chi connectivity index (χ0n) is 11.6. The number of para-hydroxylation sites is 1. The SMILES string of the molecule is Nc1nc(-c2cccnc2)ncc1C(=O)Nc1ccccc1. The number of amides is 1. The lowest BCUT2D eigenvalue weighted by molar-refractivity contribution is 0.102. The van der Waals surface area contributed by atoms with Crippen molar-refractivity contribution in [3.63, 3.8) is 0 Å². The van der Waals surface area contributed by atoms with Gasteiger partial charge in [-0.15, -0.1) is 0 Å². The van der Waals surface area contributed by atoms with Crippen LogP contribution < -0.4 is 11.1 Å². The van der Waals surface area contributed by atoms with E-state index >= 15 is 0 Å². The predicted molar refractivity (Wildman–Crippen MR) is 84.1 cm³/mol. The molecule has 0 spiro atoms. The average Bonchev–Trinajstić information content (AvgIpc) is 2.56. The van der Waals surface area contributed by atoms with Crippen molar-refractivity contribution in [3.05, 3.63) is 66.6 Å². The summed E-state index contributed by atoms with van der Waals surface area (Å²) in [5, 5.41) is 2.75. The number of nitrogens with two attached hydrogens (primary N) is 1. The normalized spacial score (nSPS) is 10.2. The fourth-order valence-electron chi connectivity index (χ4n) is 1.92. The molecule has 3 aromatic rings. The van der Waals surface area contributed by atoms with Crippen LogP contribution in [0.3, 0.4) is 0 Å². The van der Waals surface area contributed by atoms with E-state index in [-0.39, 0.29) is 17.3 Å². The number of benzene rings is 1. The number of nitrogens with one attached hydrogen (secondary N) is 1. The van der Waals surface area contributed by atoms with E-state index in [1.54, 1.807) is 30.6 Å². The van der Waals surface area contributed by atoms with E-state index in [9.17, 15) is 4.79 Å². The summed E-state index contributed by atoms with van der Waals surface area (Å²) < 4.78 is 0.